The van der Waals surface area contributed by atoms with Crippen LogP contribution in [-0.4, -0.2) is 12.7 Å². The van der Waals surface area contributed by atoms with Gasteiger partial charge in [-0.2, -0.15) is 5.26 Å². The number of para-hydroxylation sites is 1. The Balaban J connectivity index is 1.48. The monoisotopic (exact) mass is 466 g/mol. The summed E-state index contributed by atoms with van der Waals surface area (Å²) in [6, 6.07) is 19.4. The molecule has 0 aromatic heterocycles. The second-order valence-corrected chi connectivity index (χ2v) is 7.59. The number of nitrogens with zero attached hydrogens (tertiary/aromatic N) is 1. The van der Waals surface area contributed by atoms with Crippen molar-refractivity contribution in [3.05, 3.63) is 87.4 Å². The van der Waals surface area contributed by atoms with E-state index < -0.39 is 5.91 Å². The molecule has 1 heterocycles. The van der Waals surface area contributed by atoms with Crippen LogP contribution in [-0.2, 0) is 11.4 Å². The van der Waals surface area contributed by atoms with Crippen molar-refractivity contribution in [1.82, 2.24) is 0 Å². The van der Waals surface area contributed by atoms with Gasteiger partial charge in [-0.25, -0.2) is 0 Å². The van der Waals surface area contributed by atoms with Gasteiger partial charge in [0, 0.05) is 5.69 Å². The van der Waals surface area contributed by atoms with E-state index in [2.05, 4.69) is 5.32 Å². The highest BCUT2D eigenvalue weighted by molar-refractivity contribution is 6.37. The van der Waals surface area contributed by atoms with Crippen LogP contribution in [0.2, 0.25) is 10.0 Å². The van der Waals surface area contributed by atoms with E-state index >= 15 is 0 Å². The number of nitrogens with one attached hydrogen (secondary N) is 1. The predicted octanol–water partition coefficient (Wildman–Crippen LogP) is 5.85. The first kappa shape index (κ1) is 21.6. The van der Waals surface area contributed by atoms with Crippen molar-refractivity contribution in [2.75, 3.05) is 12.1 Å². The lowest BCUT2D eigenvalue weighted by molar-refractivity contribution is -0.112. The number of amides is 1. The number of ether oxygens (including phenoxy) is 3. The molecule has 0 atom stereocenters. The van der Waals surface area contributed by atoms with Crippen molar-refractivity contribution in [3.63, 3.8) is 0 Å². The average Bonchev–Trinajstić information content (AvgIpc) is 3.25. The first-order valence-corrected chi connectivity index (χ1v) is 10.3. The van der Waals surface area contributed by atoms with E-state index in [1.807, 2.05) is 30.3 Å². The van der Waals surface area contributed by atoms with Gasteiger partial charge in [0.05, 0.1) is 10.0 Å². The molecule has 0 unspecified atom stereocenters. The quantitative estimate of drug-likeness (QED) is 0.364. The van der Waals surface area contributed by atoms with Gasteiger partial charge in [0.1, 0.15) is 18.2 Å². The number of hydrogen-bond acceptors (Lipinski definition) is 5. The number of carbonyl (C=O) groups is 1. The zero-order chi connectivity index (χ0) is 22.5. The molecule has 4 rings (SSSR count). The fraction of sp³-hybridized carbons (Fsp3) is 0.0833. The van der Waals surface area contributed by atoms with E-state index in [4.69, 9.17) is 37.4 Å². The Morgan fingerprint density at radius 1 is 1.06 bits per heavy atom. The molecule has 0 saturated carbocycles. The highest BCUT2D eigenvalue weighted by Gasteiger charge is 2.15. The zero-order valence-corrected chi connectivity index (χ0v) is 18.1. The molecule has 0 spiro atoms. The molecular weight excluding hydrogens is 451 g/mol. The Labute approximate surface area is 194 Å². The van der Waals surface area contributed by atoms with E-state index in [0.717, 1.165) is 5.56 Å². The highest BCUT2D eigenvalue weighted by Crippen LogP contribution is 2.37. The third-order valence-corrected chi connectivity index (χ3v) is 5.11. The fourth-order valence-electron chi connectivity index (χ4n) is 3.02. The Bertz CT molecular complexity index is 1210. The van der Waals surface area contributed by atoms with Crippen molar-refractivity contribution < 1.29 is 19.0 Å². The number of hydrogen-bond donors (Lipinski definition) is 1. The number of anilines is 1. The van der Waals surface area contributed by atoms with Gasteiger partial charge < -0.3 is 19.5 Å². The van der Waals surface area contributed by atoms with Gasteiger partial charge in [-0.05, 0) is 53.6 Å². The predicted molar refractivity (Wildman–Crippen MR) is 122 cm³/mol. The van der Waals surface area contributed by atoms with Crippen molar-refractivity contribution in [2.24, 2.45) is 0 Å². The standard InChI is InChI=1S/C24H16Cl2N2O4/c25-19-9-16(8-17(12-27)24(29)28-18-4-2-1-3-5-18)10-20(26)23(19)30-13-15-6-7-21-22(11-15)32-14-31-21/h1-11H,13-14H2,(H,28,29)/b17-8-. The first-order chi connectivity index (χ1) is 15.5. The van der Waals surface area contributed by atoms with Gasteiger partial charge in [-0.15, -0.1) is 0 Å². The molecule has 1 N–H and O–H groups in total. The van der Waals surface area contributed by atoms with E-state index in [-0.39, 0.29) is 29.0 Å². The Hall–Kier alpha value is -3.66. The van der Waals surface area contributed by atoms with E-state index in [1.54, 1.807) is 36.4 Å². The molecule has 3 aromatic rings. The van der Waals surface area contributed by atoms with Gasteiger partial charge in [0.15, 0.2) is 17.2 Å². The third-order valence-electron chi connectivity index (χ3n) is 4.55. The van der Waals surface area contributed by atoms with Crippen LogP contribution in [0, 0.1) is 11.3 Å². The summed E-state index contributed by atoms with van der Waals surface area (Å²) in [7, 11) is 0. The molecule has 0 saturated heterocycles. The molecule has 6 nitrogen and oxygen atoms in total. The molecular formula is C24H16Cl2N2O4. The van der Waals surface area contributed by atoms with Gasteiger partial charge in [-0.1, -0.05) is 47.5 Å². The summed E-state index contributed by atoms with van der Waals surface area (Å²) in [6.07, 6.45) is 1.41. The summed E-state index contributed by atoms with van der Waals surface area (Å²) in [5.74, 6) is 1.11. The summed E-state index contributed by atoms with van der Waals surface area (Å²) < 4.78 is 16.5. The number of nitriles is 1. The summed E-state index contributed by atoms with van der Waals surface area (Å²) in [6.45, 7) is 0.411. The van der Waals surface area contributed by atoms with Crippen LogP contribution in [0.25, 0.3) is 6.08 Å². The second kappa shape index (κ2) is 9.65. The lowest BCUT2D eigenvalue weighted by atomic mass is 10.1. The Morgan fingerprint density at radius 2 is 1.78 bits per heavy atom. The van der Waals surface area contributed by atoms with Gasteiger partial charge in [0.25, 0.3) is 5.91 Å². The van der Waals surface area contributed by atoms with Crippen LogP contribution in [0.15, 0.2) is 66.2 Å². The zero-order valence-electron chi connectivity index (χ0n) is 16.6. The van der Waals surface area contributed by atoms with Crippen LogP contribution in [0.4, 0.5) is 5.69 Å². The summed E-state index contributed by atoms with van der Waals surface area (Å²) >= 11 is 12.7. The van der Waals surface area contributed by atoms with Crippen molar-refractivity contribution in [1.29, 1.82) is 5.26 Å². The Morgan fingerprint density at radius 3 is 2.50 bits per heavy atom. The minimum absolute atomic E-state index is 0.0879. The molecule has 0 bridgehead atoms. The normalized spacial score (nSPS) is 12.2. The molecule has 8 heteroatoms. The first-order valence-electron chi connectivity index (χ1n) is 9.52. The summed E-state index contributed by atoms with van der Waals surface area (Å²) in [4.78, 5) is 12.4. The minimum Gasteiger partial charge on any atom is -0.486 e. The van der Waals surface area contributed by atoms with Gasteiger partial charge >= 0.3 is 0 Å². The highest BCUT2D eigenvalue weighted by atomic mass is 35.5. The van der Waals surface area contributed by atoms with Gasteiger partial charge in [0.2, 0.25) is 6.79 Å². The SMILES string of the molecule is N#C/C(=C/c1cc(Cl)c(OCc2ccc3c(c2)OCO3)c(Cl)c1)C(=O)Nc1ccccc1. The maximum Gasteiger partial charge on any atom is 0.266 e. The maximum absolute atomic E-state index is 12.4. The molecule has 1 aliphatic heterocycles. The van der Waals surface area contributed by atoms with Crippen molar-refractivity contribution in [2.45, 2.75) is 6.61 Å². The van der Waals surface area contributed by atoms with Crippen LogP contribution >= 0.6 is 23.2 Å². The Kier molecular flexibility index (Phi) is 6.50. The van der Waals surface area contributed by atoms with Crippen LogP contribution in [0.1, 0.15) is 11.1 Å². The molecule has 0 fully saturated rings. The lowest BCUT2D eigenvalue weighted by Crippen LogP contribution is -2.13. The largest absolute Gasteiger partial charge is 0.486 e. The number of benzene rings is 3. The van der Waals surface area contributed by atoms with E-state index in [9.17, 15) is 10.1 Å². The fourth-order valence-corrected chi connectivity index (χ4v) is 3.64. The number of carbonyl (C=O) groups excluding carboxylic acids is 1. The summed E-state index contributed by atoms with van der Waals surface area (Å²) in [5.41, 5.74) is 1.85. The van der Waals surface area contributed by atoms with Crippen molar-refractivity contribution in [3.8, 4) is 23.3 Å². The van der Waals surface area contributed by atoms with Crippen LogP contribution in [0.3, 0.4) is 0 Å². The van der Waals surface area contributed by atoms with E-state index in [0.29, 0.717) is 28.5 Å². The molecule has 3 aromatic carbocycles. The van der Waals surface area contributed by atoms with Crippen LogP contribution < -0.4 is 19.5 Å². The molecule has 1 aliphatic rings. The third kappa shape index (κ3) is 4.97. The molecule has 1 amide bonds. The van der Waals surface area contributed by atoms with Crippen molar-refractivity contribution >= 4 is 40.9 Å². The van der Waals surface area contributed by atoms with Gasteiger partial charge in [-0.3, -0.25) is 4.79 Å². The summed E-state index contributed by atoms with van der Waals surface area (Å²) in [5, 5.41) is 12.6. The average molecular weight is 467 g/mol. The topological polar surface area (TPSA) is 80.6 Å². The minimum atomic E-state index is -0.533. The smallest absolute Gasteiger partial charge is 0.266 e. The lowest BCUT2D eigenvalue weighted by Gasteiger charge is -2.11. The molecule has 32 heavy (non-hydrogen) atoms. The molecule has 0 aliphatic carbocycles. The maximum atomic E-state index is 12.4. The van der Waals surface area contributed by atoms with E-state index in [1.165, 1.54) is 6.08 Å². The number of halogens is 2. The molecule has 0 radical (unpaired) electrons. The number of fused-ring (bicyclic) bond motifs is 1. The number of rotatable bonds is 6. The van der Waals surface area contributed by atoms with Crippen LogP contribution in [0.5, 0.6) is 17.2 Å². The second-order valence-electron chi connectivity index (χ2n) is 6.78. The molecule has 160 valence electrons.